The topological polar surface area (TPSA) is 0 Å². The van der Waals surface area contributed by atoms with E-state index in [1.54, 1.807) is 0 Å². The lowest BCUT2D eigenvalue weighted by molar-refractivity contribution is 0.958. The summed E-state index contributed by atoms with van der Waals surface area (Å²) in [5.41, 5.74) is 6.50. The minimum absolute atomic E-state index is 1.10. The van der Waals surface area contributed by atoms with Crippen LogP contribution in [0.5, 0.6) is 0 Å². The smallest absolute Gasteiger partial charge is 0.0233 e. The molecule has 0 aromatic heterocycles. The first-order valence-corrected chi connectivity index (χ1v) is 6.45. The summed E-state index contributed by atoms with van der Waals surface area (Å²) >= 11 is 0. The van der Waals surface area contributed by atoms with E-state index in [-0.39, 0.29) is 0 Å². The molecule has 2 rings (SSSR count). The van der Waals surface area contributed by atoms with Crippen molar-refractivity contribution in [1.29, 1.82) is 0 Å². The summed E-state index contributed by atoms with van der Waals surface area (Å²) in [4.78, 5) is 0. The van der Waals surface area contributed by atoms with Gasteiger partial charge in [-0.1, -0.05) is 66.2 Å². The first-order chi connectivity index (χ1) is 8.65. The number of allylic oxidation sites excluding steroid dienone is 1. The second-order valence-electron chi connectivity index (χ2n) is 4.97. The number of hydrogen-bond donors (Lipinski definition) is 0. The molecule has 0 aliphatic rings. The van der Waals surface area contributed by atoms with Crippen LogP contribution in [0.1, 0.15) is 29.2 Å². The van der Waals surface area contributed by atoms with Crippen LogP contribution < -0.4 is 0 Å². The first-order valence-electron chi connectivity index (χ1n) is 6.45. The maximum Gasteiger partial charge on any atom is -0.0233 e. The van der Waals surface area contributed by atoms with E-state index < -0.39 is 0 Å². The summed E-state index contributed by atoms with van der Waals surface area (Å²) in [6, 6.07) is 17.5. The predicted octanol–water partition coefficient (Wildman–Crippen LogP) is 4.81. The van der Waals surface area contributed by atoms with Gasteiger partial charge in [-0.2, -0.15) is 0 Å². The molecule has 0 radical (unpaired) electrons. The van der Waals surface area contributed by atoms with E-state index in [0.29, 0.717) is 0 Å². The molecule has 2 aromatic rings. The average Bonchev–Trinajstić information content (AvgIpc) is 2.37. The van der Waals surface area contributed by atoms with E-state index in [1.807, 2.05) is 6.92 Å². The van der Waals surface area contributed by atoms with Gasteiger partial charge in [-0.3, -0.25) is 0 Å². The number of rotatable bonds is 4. The van der Waals surface area contributed by atoms with Crippen LogP contribution in [0.15, 0.2) is 55.1 Å². The summed E-state index contributed by atoms with van der Waals surface area (Å²) in [5.74, 6) is 0. The van der Waals surface area contributed by atoms with Gasteiger partial charge in [0.1, 0.15) is 0 Å². The van der Waals surface area contributed by atoms with Crippen molar-refractivity contribution in [3.63, 3.8) is 0 Å². The fourth-order valence-corrected chi connectivity index (χ4v) is 2.11. The highest BCUT2D eigenvalue weighted by Gasteiger charge is 1.98. The van der Waals surface area contributed by atoms with Crippen molar-refractivity contribution in [2.75, 3.05) is 0 Å². The zero-order valence-corrected chi connectivity index (χ0v) is 11.2. The van der Waals surface area contributed by atoms with E-state index in [2.05, 4.69) is 62.0 Å². The van der Waals surface area contributed by atoms with Crippen molar-refractivity contribution >= 4 is 5.57 Å². The third-order valence-corrected chi connectivity index (χ3v) is 3.23. The van der Waals surface area contributed by atoms with Crippen LogP contribution in [0.25, 0.3) is 5.57 Å². The van der Waals surface area contributed by atoms with Crippen LogP contribution >= 0.6 is 0 Å². The van der Waals surface area contributed by atoms with Gasteiger partial charge in [-0.15, -0.1) is 0 Å². The lowest BCUT2D eigenvalue weighted by Gasteiger charge is -2.05. The zero-order valence-electron chi connectivity index (χ0n) is 11.2. The molecule has 0 fully saturated rings. The minimum Gasteiger partial charge on any atom is -0.0955 e. The van der Waals surface area contributed by atoms with Crippen molar-refractivity contribution in [2.24, 2.45) is 0 Å². The lowest BCUT2D eigenvalue weighted by atomic mass is 10.0. The van der Waals surface area contributed by atoms with Crippen molar-refractivity contribution in [1.82, 2.24) is 0 Å². The van der Waals surface area contributed by atoms with Crippen molar-refractivity contribution in [2.45, 2.75) is 26.7 Å². The molecule has 92 valence electrons. The van der Waals surface area contributed by atoms with E-state index in [4.69, 9.17) is 0 Å². The highest BCUT2D eigenvalue weighted by atomic mass is 14.0. The minimum atomic E-state index is 1.10. The maximum atomic E-state index is 3.96. The summed E-state index contributed by atoms with van der Waals surface area (Å²) in [6.07, 6.45) is 2.20. The molecule has 0 heteroatoms. The molecule has 0 unspecified atom stereocenters. The van der Waals surface area contributed by atoms with Gasteiger partial charge in [0.2, 0.25) is 0 Å². The molecule has 0 atom stereocenters. The van der Waals surface area contributed by atoms with Crippen LogP contribution in [-0.2, 0) is 12.8 Å². The molecular weight excluding hydrogens is 216 g/mol. The molecular formula is C18H20. The van der Waals surface area contributed by atoms with E-state index in [9.17, 15) is 0 Å². The van der Waals surface area contributed by atoms with Gasteiger partial charge in [0.15, 0.2) is 0 Å². The molecule has 18 heavy (non-hydrogen) atoms. The van der Waals surface area contributed by atoms with Gasteiger partial charge in [0.25, 0.3) is 0 Å². The molecule has 0 nitrogen and oxygen atoms in total. The molecule has 0 aliphatic carbocycles. The fourth-order valence-electron chi connectivity index (χ4n) is 2.11. The summed E-state index contributed by atoms with van der Waals surface area (Å²) < 4.78 is 0. The van der Waals surface area contributed by atoms with Crippen molar-refractivity contribution in [3.05, 3.63) is 77.4 Å². The summed E-state index contributed by atoms with van der Waals surface area (Å²) in [5, 5.41) is 0. The largest absolute Gasteiger partial charge is 0.0955 e. The quantitative estimate of drug-likeness (QED) is 0.714. The van der Waals surface area contributed by atoms with Crippen LogP contribution in [-0.4, -0.2) is 0 Å². The third kappa shape index (κ3) is 3.33. The Labute approximate surface area is 110 Å². The Balaban J connectivity index is 2.00. The van der Waals surface area contributed by atoms with Gasteiger partial charge in [-0.05, 0) is 43.4 Å². The Kier molecular flexibility index (Phi) is 3.99. The second-order valence-corrected chi connectivity index (χ2v) is 4.97. The van der Waals surface area contributed by atoms with E-state index >= 15 is 0 Å². The Morgan fingerprint density at radius 1 is 0.944 bits per heavy atom. The molecule has 0 heterocycles. The van der Waals surface area contributed by atoms with Crippen LogP contribution in [0, 0.1) is 6.92 Å². The highest BCUT2D eigenvalue weighted by molar-refractivity contribution is 5.61. The first kappa shape index (κ1) is 12.6. The third-order valence-electron chi connectivity index (χ3n) is 3.23. The highest BCUT2D eigenvalue weighted by Crippen LogP contribution is 2.14. The van der Waals surface area contributed by atoms with Gasteiger partial charge in [-0.25, -0.2) is 0 Å². The molecule has 0 amide bonds. The predicted molar refractivity (Wildman–Crippen MR) is 79.7 cm³/mol. The zero-order chi connectivity index (χ0) is 13.0. The summed E-state index contributed by atoms with van der Waals surface area (Å²) in [6.45, 7) is 8.15. The maximum absolute atomic E-state index is 3.96. The van der Waals surface area contributed by atoms with Crippen LogP contribution in [0.2, 0.25) is 0 Å². The molecule has 0 saturated carbocycles. The number of hydrogen-bond acceptors (Lipinski definition) is 0. The summed E-state index contributed by atoms with van der Waals surface area (Å²) in [7, 11) is 0. The fraction of sp³-hybridized carbons (Fsp3) is 0.222. The molecule has 0 aliphatic heterocycles. The second kappa shape index (κ2) is 5.68. The van der Waals surface area contributed by atoms with Crippen molar-refractivity contribution < 1.29 is 0 Å². The van der Waals surface area contributed by atoms with Crippen LogP contribution in [0.4, 0.5) is 0 Å². The SMILES string of the molecule is C=C(C)c1ccc(CCc2cccc(C)c2)cc1. The lowest BCUT2D eigenvalue weighted by Crippen LogP contribution is -1.92. The van der Waals surface area contributed by atoms with Gasteiger partial charge < -0.3 is 0 Å². The van der Waals surface area contributed by atoms with Gasteiger partial charge in [0, 0.05) is 0 Å². The van der Waals surface area contributed by atoms with Gasteiger partial charge in [0.05, 0.1) is 0 Å². The number of benzene rings is 2. The average molecular weight is 236 g/mol. The van der Waals surface area contributed by atoms with E-state index in [1.165, 1.54) is 22.3 Å². The normalized spacial score (nSPS) is 10.3. The Morgan fingerprint density at radius 2 is 1.61 bits per heavy atom. The number of aryl methyl sites for hydroxylation is 3. The Hall–Kier alpha value is -1.82. The standard InChI is InChI=1S/C18H20/c1-14(2)18-11-9-16(10-12-18)7-8-17-6-4-5-15(3)13-17/h4-6,9-13H,1,7-8H2,2-3H3. The molecule has 0 bridgehead atoms. The molecule has 0 saturated heterocycles. The molecule has 0 spiro atoms. The Bertz CT molecular complexity index is 532. The van der Waals surface area contributed by atoms with Crippen molar-refractivity contribution in [3.8, 4) is 0 Å². The van der Waals surface area contributed by atoms with Gasteiger partial charge >= 0.3 is 0 Å². The monoisotopic (exact) mass is 236 g/mol. The molecule has 0 N–H and O–H groups in total. The molecule has 2 aromatic carbocycles. The van der Waals surface area contributed by atoms with E-state index in [0.717, 1.165) is 18.4 Å². The van der Waals surface area contributed by atoms with Crippen LogP contribution in [0.3, 0.4) is 0 Å². The Morgan fingerprint density at radius 3 is 2.22 bits per heavy atom.